The average molecular weight is 480 g/mol. The standard InChI is InChI=1S/C23H37N5O6/c1-28(6-8-33-20-16(29-2)10-14(22(24)25)11-17(20)30-3)7-9-34-21-18(31-4)12-15(23(26)27)13-19(21)32-5/h10-13,22-23H,6-9,24-27H2,1-5H3. The molecule has 0 aliphatic heterocycles. The van der Waals surface area contributed by atoms with Crippen molar-refractivity contribution < 1.29 is 28.4 Å². The van der Waals surface area contributed by atoms with Gasteiger partial charge >= 0.3 is 0 Å². The van der Waals surface area contributed by atoms with Gasteiger partial charge in [0.15, 0.2) is 23.0 Å². The molecule has 0 bridgehead atoms. The molecule has 11 nitrogen and oxygen atoms in total. The minimum Gasteiger partial charge on any atom is -0.493 e. The highest BCUT2D eigenvalue weighted by molar-refractivity contribution is 5.55. The van der Waals surface area contributed by atoms with E-state index in [4.69, 9.17) is 51.4 Å². The molecular formula is C23H37N5O6. The van der Waals surface area contributed by atoms with Crippen molar-refractivity contribution in [1.29, 1.82) is 0 Å². The molecule has 0 spiro atoms. The van der Waals surface area contributed by atoms with Crippen LogP contribution in [0.15, 0.2) is 24.3 Å². The van der Waals surface area contributed by atoms with E-state index in [0.29, 0.717) is 71.9 Å². The number of ether oxygens (including phenoxy) is 6. The van der Waals surface area contributed by atoms with Crippen molar-refractivity contribution in [2.75, 3.05) is 61.8 Å². The lowest BCUT2D eigenvalue weighted by atomic mass is 10.1. The van der Waals surface area contributed by atoms with Gasteiger partial charge in [0.1, 0.15) is 13.2 Å². The van der Waals surface area contributed by atoms with Crippen LogP contribution in [0.5, 0.6) is 34.5 Å². The van der Waals surface area contributed by atoms with Crippen LogP contribution in [0.25, 0.3) is 0 Å². The molecule has 0 amide bonds. The maximum Gasteiger partial charge on any atom is 0.203 e. The summed E-state index contributed by atoms with van der Waals surface area (Å²) in [5.74, 6) is 2.99. The van der Waals surface area contributed by atoms with E-state index < -0.39 is 12.3 Å². The summed E-state index contributed by atoms with van der Waals surface area (Å²) in [5.41, 5.74) is 24.5. The SMILES string of the molecule is COc1cc(C(N)N)cc(OC)c1OCCN(C)CCOc1c(OC)cc(C(N)N)cc1OC. The molecule has 0 atom stereocenters. The Labute approximate surface area is 200 Å². The first-order valence-electron chi connectivity index (χ1n) is 10.7. The van der Waals surface area contributed by atoms with Crippen LogP contribution >= 0.6 is 0 Å². The first-order chi connectivity index (χ1) is 16.2. The predicted molar refractivity (Wildman–Crippen MR) is 130 cm³/mol. The lowest BCUT2D eigenvalue weighted by Gasteiger charge is -2.21. The van der Waals surface area contributed by atoms with Crippen LogP contribution < -0.4 is 51.4 Å². The second-order valence-electron chi connectivity index (χ2n) is 7.56. The second kappa shape index (κ2) is 13.1. The molecule has 0 saturated heterocycles. The zero-order chi connectivity index (χ0) is 25.3. The monoisotopic (exact) mass is 479 g/mol. The number of nitrogens with two attached hydrogens (primary N) is 4. The molecule has 2 rings (SSSR count). The van der Waals surface area contributed by atoms with Gasteiger partial charge in [-0.1, -0.05) is 0 Å². The fraction of sp³-hybridized carbons (Fsp3) is 0.478. The lowest BCUT2D eigenvalue weighted by molar-refractivity contribution is 0.190. The minimum absolute atomic E-state index is 0.396. The number of benzene rings is 2. The molecule has 0 heterocycles. The highest BCUT2D eigenvalue weighted by Gasteiger charge is 2.18. The van der Waals surface area contributed by atoms with Crippen LogP contribution in [0.2, 0.25) is 0 Å². The maximum atomic E-state index is 5.95. The molecule has 0 fully saturated rings. The van der Waals surface area contributed by atoms with Gasteiger partial charge in [-0.25, -0.2) is 0 Å². The van der Waals surface area contributed by atoms with Gasteiger partial charge in [0.25, 0.3) is 0 Å². The van der Waals surface area contributed by atoms with Crippen molar-refractivity contribution in [3.63, 3.8) is 0 Å². The van der Waals surface area contributed by atoms with Crippen LogP contribution in [0, 0.1) is 0 Å². The summed E-state index contributed by atoms with van der Waals surface area (Å²) in [4.78, 5) is 2.06. The van der Waals surface area contributed by atoms with E-state index in [1.165, 1.54) is 0 Å². The summed E-state index contributed by atoms with van der Waals surface area (Å²) in [5, 5.41) is 0. The van der Waals surface area contributed by atoms with Gasteiger partial charge in [0.05, 0.1) is 40.8 Å². The Morgan fingerprint density at radius 2 is 0.912 bits per heavy atom. The van der Waals surface area contributed by atoms with E-state index in [1.54, 1.807) is 52.7 Å². The number of hydrogen-bond donors (Lipinski definition) is 4. The topological polar surface area (TPSA) is 163 Å². The molecule has 0 aliphatic rings. The number of nitrogens with zero attached hydrogens (tertiary/aromatic N) is 1. The molecule has 0 unspecified atom stereocenters. The zero-order valence-electron chi connectivity index (χ0n) is 20.5. The minimum atomic E-state index is -0.650. The van der Waals surface area contributed by atoms with E-state index in [9.17, 15) is 0 Å². The van der Waals surface area contributed by atoms with E-state index in [2.05, 4.69) is 4.90 Å². The number of hydrogen-bond acceptors (Lipinski definition) is 11. The molecule has 11 heteroatoms. The van der Waals surface area contributed by atoms with Gasteiger partial charge in [0.2, 0.25) is 11.5 Å². The Bertz CT molecular complexity index is 801. The predicted octanol–water partition coefficient (Wildman–Crippen LogP) is 0.943. The molecule has 2 aromatic rings. The second-order valence-corrected chi connectivity index (χ2v) is 7.56. The highest BCUT2D eigenvalue weighted by Crippen LogP contribution is 2.40. The quantitative estimate of drug-likeness (QED) is 0.285. The summed E-state index contributed by atoms with van der Waals surface area (Å²) >= 11 is 0. The van der Waals surface area contributed by atoms with E-state index >= 15 is 0 Å². The summed E-state index contributed by atoms with van der Waals surface area (Å²) in [7, 11) is 8.16. The molecule has 34 heavy (non-hydrogen) atoms. The Morgan fingerprint density at radius 3 is 1.15 bits per heavy atom. The summed E-state index contributed by atoms with van der Waals surface area (Å²) in [6.45, 7) is 2.05. The number of rotatable bonds is 14. The first-order valence-corrected chi connectivity index (χ1v) is 10.7. The van der Waals surface area contributed by atoms with E-state index in [-0.39, 0.29) is 0 Å². The summed E-state index contributed by atoms with van der Waals surface area (Å²) in [6.07, 6.45) is -1.30. The van der Waals surface area contributed by atoms with Crippen molar-refractivity contribution in [3.8, 4) is 34.5 Å². The van der Waals surface area contributed by atoms with Gasteiger partial charge in [-0.2, -0.15) is 0 Å². The fourth-order valence-corrected chi connectivity index (χ4v) is 3.19. The Morgan fingerprint density at radius 1 is 0.618 bits per heavy atom. The molecular weight excluding hydrogens is 442 g/mol. The lowest BCUT2D eigenvalue weighted by Crippen LogP contribution is -2.29. The van der Waals surface area contributed by atoms with Gasteiger partial charge in [-0.05, 0) is 42.4 Å². The zero-order valence-corrected chi connectivity index (χ0v) is 20.5. The van der Waals surface area contributed by atoms with Crippen molar-refractivity contribution in [2.24, 2.45) is 22.9 Å². The molecule has 2 aromatic carbocycles. The third kappa shape index (κ3) is 7.02. The van der Waals surface area contributed by atoms with Crippen molar-refractivity contribution in [2.45, 2.75) is 12.3 Å². The molecule has 0 aliphatic carbocycles. The van der Waals surface area contributed by atoms with E-state index in [1.807, 2.05) is 7.05 Å². The average Bonchev–Trinajstić information content (AvgIpc) is 2.83. The molecule has 0 aromatic heterocycles. The smallest absolute Gasteiger partial charge is 0.203 e. The Kier molecular flexibility index (Phi) is 10.5. The van der Waals surface area contributed by atoms with Crippen LogP contribution in [-0.4, -0.2) is 66.7 Å². The van der Waals surface area contributed by atoms with Crippen LogP contribution in [0.1, 0.15) is 23.5 Å². The highest BCUT2D eigenvalue weighted by atomic mass is 16.5. The Hall–Kier alpha value is -2.96. The first kappa shape index (κ1) is 27.3. The van der Waals surface area contributed by atoms with Crippen LogP contribution in [-0.2, 0) is 0 Å². The largest absolute Gasteiger partial charge is 0.493 e. The normalized spacial score (nSPS) is 11.2. The van der Waals surface area contributed by atoms with Crippen molar-refractivity contribution in [1.82, 2.24) is 4.90 Å². The van der Waals surface area contributed by atoms with Gasteiger partial charge in [0, 0.05) is 13.1 Å². The van der Waals surface area contributed by atoms with E-state index in [0.717, 1.165) is 0 Å². The number of likely N-dealkylation sites (N-methyl/N-ethyl adjacent to an activating group) is 1. The molecule has 0 saturated carbocycles. The van der Waals surface area contributed by atoms with Gasteiger partial charge < -0.3 is 51.4 Å². The van der Waals surface area contributed by atoms with Crippen LogP contribution in [0.4, 0.5) is 0 Å². The third-order valence-electron chi connectivity index (χ3n) is 5.17. The van der Waals surface area contributed by atoms with Crippen molar-refractivity contribution in [3.05, 3.63) is 35.4 Å². The Balaban J connectivity index is 1.95. The maximum absolute atomic E-state index is 5.95. The van der Waals surface area contributed by atoms with Crippen molar-refractivity contribution >= 4 is 0 Å². The third-order valence-corrected chi connectivity index (χ3v) is 5.17. The fourth-order valence-electron chi connectivity index (χ4n) is 3.19. The summed E-state index contributed by atoms with van der Waals surface area (Å²) in [6, 6.07) is 6.96. The van der Waals surface area contributed by atoms with Crippen LogP contribution in [0.3, 0.4) is 0 Å². The molecule has 8 N–H and O–H groups in total. The molecule has 190 valence electrons. The van der Waals surface area contributed by atoms with Gasteiger partial charge in [-0.15, -0.1) is 0 Å². The molecule has 0 radical (unpaired) electrons. The number of methoxy groups -OCH3 is 4. The summed E-state index contributed by atoms with van der Waals surface area (Å²) < 4.78 is 33.6. The van der Waals surface area contributed by atoms with Gasteiger partial charge in [-0.3, -0.25) is 4.90 Å².